The van der Waals surface area contributed by atoms with Gasteiger partial charge < -0.3 is 23.8 Å². The highest BCUT2D eigenvalue weighted by Gasteiger charge is 2.37. The van der Waals surface area contributed by atoms with Crippen LogP contribution in [-0.4, -0.2) is 70.2 Å². The molecule has 2 aromatic rings. The average Bonchev–Trinajstić information content (AvgIpc) is 3.57. The molecule has 41 heavy (non-hydrogen) atoms. The van der Waals surface area contributed by atoms with E-state index in [0.717, 1.165) is 30.6 Å². The smallest absolute Gasteiger partial charge is 0.425 e. The highest BCUT2D eigenvalue weighted by atomic mass is 16.7. The van der Waals surface area contributed by atoms with Crippen molar-refractivity contribution in [1.82, 2.24) is 19.7 Å². The van der Waals surface area contributed by atoms with Crippen LogP contribution in [0.25, 0.3) is 16.1 Å². The van der Waals surface area contributed by atoms with Crippen molar-refractivity contribution in [1.29, 1.82) is 0 Å². The molecule has 1 atom stereocenters. The molecular weight excluding hydrogens is 528 g/mol. The zero-order valence-corrected chi connectivity index (χ0v) is 25.3. The van der Waals surface area contributed by atoms with Crippen LogP contribution < -0.4 is 4.90 Å². The van der Waals surface area contributed by atoms with Crippen LogP contribution in [0.15, 0.2) is 18.7 Å². The maximum Gasteiger partial charge on any atom is 0.425 e. The van der Waals surface area contributed by atoms with Crippen molar-refractivity contribution >= 4 is 18.0 Å². The molecule has 0 aliphatic heterocycles. The zero-order valence-electron chi connectivity index (χ0n) is 25.3. The van der Waals surface area contributed by atoms with E-state index in [9.17, 15) is 9.59 Å². The Morgan fingerprint density at radius 2 is 1.63 bits per heavy atom. The highest BCUT2D eigenvalue weighted by Crippen LogP contribution is 2.36. The Morgan fingerprint density at radius 1 is 1.05 bits per heavy atom. The molecule has 3 rings (SSSR count). The number of amides is 2. The lowest BCUT2D eigenvalue weighted by Crippen LogP contribution is -2.45. The summed E-state index contributed by atoms with van der Waals surface area (Å²) in [4.78, 5) is 40.3. The predicted molar refractivity (Wildman–Crippen MR) is 152 cm³/mol. The van der Waals surface area contributed by atoms with E-state index in [1.54, 1.807) is 47.7 Å². The second-order valence-electron chi connectivity index (χ2n) is 12.1. The Hall–Kier alpha value is -3.56. The zero-order chi connectivity index (χ0) is 30.4. The van der Waals surface area contributed by atoms with Crippen LogP contribution in [-0.2, 0) is 25.4 Å². The largest absolute Gasteiger partial charge is 0.443 e. The summed E-state index contributed by atoms with van der Waals surface area (Å²) in [5.41, 5.74) is -0.316. The summed E-state index contributed by atoms with van der Waals surface area (Å²) in [5.74, 6) is 0.359. The van der Waals surface area contributed by atoms with Crippen molar-refractivity contribution in [2.24, 2.45) is 5.92 Å². The van der Waals surface area contributed by atoms with Crippen molar-refractivity contribution in [2.75, 3.05) is 25.7 Å². The maximum atomic E-state index is 13.5. The summed E-state index contributed by atoms with van der Waals surface area (Å²) >= 11 is 0. The van der Waals surface area contributed by atoms with Crippen LogP contribution in [0, 0.1) is 12.5 Å². The van der Waals surface area contributed by atoms with Gasteiger partial charge >= 0.3 is 12.2 Å². The van der Waals surface area contributed by atoms with Gasteiger partial charge in [-0.25, -0.2) is 26.1 Å². The summed E-state index contributed by atoms with van der Waals surface area (Å²) < 4.78 is 23.9. The highest BCUT2D eigenvalue weighted by molar-refractivity contribution is 6.09. The van der Waals surface area contributed by atoms with Crippen molar-refractivity contribution < 1.29 is 28.5 Å². The molecule has 1 aliphatic carbocycles. The quantitative estimate of drug-likeness (QED) is 0.271. The Morgan fingerprint density at radius 3 is 2.15 bits per heavy atom. The third-order valence-corrected chi connectivity index (χ3v) is 6.62. The van der Waals surface area contributed by atoms with E-state index < -0.39 is 29.7 Å². The van der Waals surface area contributed by atoms with Gasteiger partial charge in [0.05, 0.1) is 11.9 Å². The van der Waals surface area contributed by atoms with Crippen LogP contribution in [0.1, 0.15) is 78.8 Å². The standard InChI is InChI=1S/C29H42N6O6/c1-28(2,3)40-26(36)35(27(37)41-29(4,5)6)25-21(14-23(38-8)39-9)24(31-18-32-25)20-15-33-34(17-20)22(16-30-7)19-12-10-11-13-19/h15,17-19,22-23H,10-14,16H2,1-6,8-9H3/t22-/m1/s1. The van der Waals surface area contributed by atoms with Crippen LogP contribution in [0.5, 0.6) is 0 Å². The number of hydrogen-bond donors (Lipinski definition) is 0. The number of carbonyl (C=O) groups is 2. The number of rotatable bonds is 9. The molecule has 1 aliphatic rings. The SMILES string of the molecule is [C-]#[N+]C[C@H](C1CCCC1)n1cc(-c2ncnc(N(C(=O)OC(C)(C)C)C(=O)OC(C)(C)C)c2CC(OC)OC)cn1. The summed E-state index contributed by atoms with van der Waals surface area (Å²) in [6, 6.07) is -0.0563. The minimum Gasteiger partial charge on any atom is -0.443 e. The first-order valence-corrected chi connectivity index (χ1v) is 13.8. The fourth-order valence-corrected chi connectivity index (χ4v) is 4.85. The molecule has 0 radical (unpaired) electrons. The monoisotopic (exact) mass is 570 g/mol. The number of nitrogens with zero attached hydrogens (tertiary/aromatic N) is 6. The first kappa shape index (κ1) is 32.0. The number of anilines is 1. The van der Waals surface area contributed by atoms with Gasteiger partial charge in [0.15, 0.2) is 12.1 Å². The molecule has 2 amide bonds. The van der Waals surface area contributed by atoms with E-state index in [2.05, 4.69) is 19.9 Å². The molecule has 1 fully saturated rings. The van der Waals surface area contributed by atoms with Crippen molar-refractivity contribution in [3.8, 4) is 11.3 Å². The molecule has 0 spiro atoms. The van der Waals surface area contributed by atoms with Crippen molar-refractivity contribution in [3.05, 3.63) is 35.7 Å². The molecule has 224 valence electrons. The van der Waals surface area contributed by atoms with E-state index >= 15 is 0 Å². The van der Waals surface area contributed by atoms with Gasteiger partial charge in [-0.05, 0) is 60.3 Å². The van der Waals surface area contributed by atoms with Gasteiger partial charge in [0.1, 0.15) is 23.6 Å². The molecule has 2 heterocycles. The van der Waals surface area contributed by atoms with E-state index in [4.69, 9.17) is 25.5 Å². The first-order chi connectivity index (χ1) is 19.3. The number of ether oxygens (including phenoxy) is 4. The summed E-state index contributed by atoms with van der Waals surface area (Å²) in [7, 11) is 2.98. The molecule has 0 saturated heterocycles. The molecule has 1 saturated carbocycles. The number of methoxy groups -OCH3 is 2. The van der Waals surface area contributed by atoms with Crippen molar-refractivity contribution in [2.45, 2.75) is 97.2 Å². The van der Waals surface area contributed by atoms with Gasteiger partial charge in [0.25, 0.3) is 0 Å². The topological polar surface area (TPSA) is 122 Å². The van der Waals surface area contributed by atoms with E-state index in [1.807, 2.05) is 10.9 Å². The van der Waals surface area contributed by atoms with E-state index in [0.29, 0.717) is 29.3 Å². The Labute approximate surface area is 242 Å². The second-order valence-corrected chi connectivity index (χ2v) is 12.1. The molecule has 12 nitrogen and oxygen atoms in total. The van der Waals surface area contributed by atoms with Gasteiger partial charge in [0, 0.05) is 38.0 Å². The predicted octanol–water partition coefficient (Wildman–Crippen LogP) is 5.83. The normalized spacial score (nSPS) is 15.0. The number of carbonyl (C=O) groups excluding carboxylic acids is 2. The second kappa shape index (κ2) is 13.4. The number of aromatic nitrogens is 4. The molecule has 0 bridgehead atoms. The fourth-order valence-electron chi connectivity index (χ4n) is 4.85. The maximum absolute atomic E-state index is 13.5. The Balaban J connectivity index is 2.17. The molecule has 12 heteroatoms. The Bertz CT molecular complexity index is 1200. The third-order valence-electron chi connectivity index (χ3n) is 6.62. The van der Waals surface area contributed by atoms with Crippen LogP contribution in [0.2, 0.25) is 0 Å². The van der Waals surface area contributed by atoms with Gasteiger partial charge in [-0.2, -0.15) is 10.00 Å². The van der Waals surface area contributed by atoms with Crippen LogP contribution in [0.4, 0.5) is 15.4 Å². The minimum atomic E-state index is -0.946. The molecule has 0 N–H and O–H groups in total. The molecule has 0 aromatic carbocycles. The van der Waals surface area contributed by atoms with Crippen LogP contribution in [0.3, 0.4) is 0 Å². The summed E-state index contributed by atoms with van der Waals surface area (Å²) in [5, 5.41) is 4.61. The van der Waals surface area contributed by atoms with Gasteiger partial charge in [-0.1, -0.05) is 12.8 Å². The van der Waals surface area contributed by atoms with Gasteiger partial charge in [-0.15, -0.1) is 0 Å². The van der Waals surface area contributed by atoms with Gasteiger partial charge in [0.2, 0.25) is 6.54 Å². The van der Waals surface area contributed by atoms with Gasteiger partial charge in [-0.3, -0.25) is 4.68 Å². The third kappa shape index (κ3) is 8.47. The lowest BCUT2D eigenvalue weighted by molar-refractivity contribution is -0.100. The molecular formula is C29H42N6O6. The fraction of sp³-hybridized carbons (Fsp3) is 0.655. The van der Waals surface area contributed by atoms with E-state index in [1.165, 1.54) is 20.5 Å². The number of hydrogen-bond acceptors (Lipinski definition) is 9. The Kier molecular flexibility index (Phi) is 10.4. The lowest BCUT2D eigenvalue weighted by atomic mass is 9.98. The van der Waals surface area contributed by atoms with E-state index in [-0.39, 0.29) is 18.3 Å². The average molecular weight is 571 g/mol. The van der Waals surface area contributed by atoms with Crippen LogP contribution >= 0.6 is 0 Å². The molecule has 2 aromatic heterocycles. The number of imide groups is 1. The lowest BCUT2D eigenvalue weighted by Gasteiger charge is -2.29. The first-order valence-electron chi connectivity index (χ1n) is 13.8. The molecule has 0 unspecified atom stereocenters. The summed E-state index contributed by atoms with van der Waals surface area (Å²) in [6.07, 6.45) is 6.67. The minimum absolute atomic E-state index is 0.0150. The summed E-state index contributed by atoms with van der Waals surface area (Å²) in [6.45, 7) is 18.0. The van der Waals surface area contributed by atoms with Crippen molar-refractivity contribution in [3.63, 3.8) is 0 Å².